The van der Waals surface area contributed by atoms with Crippen molar-refractivity contribution in [3.05, 3.63) is 0 Å². The number of hydrogen-bond donors (Lipinski definition) is 0. The lowest BCUT2D eigenvalue weighted by Gasteiger charge is -2.30. The van der Waals surface area contributed by atoms with E-state index in [0.717, 1.165) is 0 Å². The van der Waals surface area contributed by atoms with Crippen LogP contribution in [0, 0.1) is 0 Å². The molecule has 0 rings (SSSR count). The average molecular weight is 186 g/mol. The summed E-state index contributed by atoms with van der Waals surface area (Å²) in [7, 11) is 0. The zero-order valence-corrected chi connectivity index (χ0v) is 10.0. The second-order valence-electron chi connectivity index (χ2n) is 3.56. The Morgan fingerprint density at radius 3 is 1.62 bits per heavy atom. The Kier molecular flexibility index (Phi) is 7.29. The summed E-state index contributed by atoms with van der Waals surface area (Å²) >= 11 is 0. The van der Waals surface area contributed by atoms with E-state index in [2.05, 4.69) is 44.4 Å². The quantitative estimate of drug-likeness (QED) is 0.600. The van der Waals surface area contributed by atoms with E-state index >= 15 is 0 Å². The lowest BCUT2D eigenvalue weighted by Crippen LogP contribution is -2.42. The third kappa shape index (κ3) is 4.63. The van der Waals surface area contributed by atoms with Crippen LogP contribution in [0.4, 0.5) is 0 Å². The molecule has 0 spiro atoms. The van der Waals surface area contributed by atoms with Gasteiger partial charge in [-0.1, -0.05) is 27.7 Å². The first-order valence-electron chi connectivity index (χ1n) is 5.65. The molecule has 0 aliphatic rings. The maximum Gasteiger partial charge on any atom is 0.0194 e. The number of nitrogens with zero attached hydrogens (tertiary/aromatic N) is 2. The van der Waals surface area contributed by atoms with Gasteiger partial charge in [0, 0.05) is 12.6 Å². The summed E-state index contributed by atoms with van der Waals surface area (Å²) in [5.41, 5.74) is 0. The number of likely N-dealkylation sites (N-methyl/N-ethyl adjacent to an activating group) is 2. The lowest BCUT2D eigenvalue weighted by atomic mass is 10.2. The van der Waals surface area contributed by atoms with Crippen molar-refractivity contribution in [2.75, 3.05) is 32.7 Å². The molecule has 80 valence electrons. The van der Waals surface area contributed by atoms with Crippen molar-refractivity contribution in [2.24, 2.45) is 0 Å². The monoisotopic (exact) mass is 186 g/mol. The van der Waals surface area contributed by atoms with Gasteiger partial charge in [-0.15, -0.1) is 0 Å². The molecule has 0 saturated heterocycles. The molecule has 2 heteroatoms. The summed E-state index contributed by atoms with van der Waals surface area (Å²) < 4.78 is 0. The van der Waals surface area contributed by atoms with Gasteiger partial charge in [-0.2, -0.15) is 0 Å². The largest absolute Gasteiger partial charge is 0.302 e. The van der Waals surface area contributed by atoms with Crippen LogP contribution in [0.5, 0.6) is 0 Å². The molecular formula is C11H26N2. The Morgan fingerprint density at radius 2 is 1.31 bits per heavy atom. The summed E-state index contributed by atoms with van der Waals surface area (Å²) in [6, 6.07) is 0.690. The van der Waals surface area contributed by atoms with Crippen molar-refractivity contribution in [1.82, 2.24) is 9.80 Å². The summed E-state index contributed by atoms with van der Waals surface area (Å²) in [5.74, 6) is 0. The molecule has 0 unspecified atom stereocenters. The van der Waals surface area contributed by atoms with Gasteiger partial charge in [0.2, 0.25) is 0 Å². The van der Waals surface area contributed by atoms with Gasteiger partial charge >= 0.3 is 0 Å². The molecule has 0 saturated carbocycles. The van der Waals surface area contributed by atoms with E-state index in [0.29, 0.717) is 6.04 Å². The van der Waals surface area contributed by atoms with Crippen LogP contribution in [-0.4, -0.2) is 48.6 Å². The maximum absolute atomic E-state index is 2.51. The molecule has 0 bridgehead atoms. The smallest absolute Gasteiger partial charge is 0.0194 e. The van der Waals surface area contributed by atoms with E-state index in [4.69, 9.17) is 0 Å². The minimum Gasteiger partial charge on any atom is -0.302 e. The molecule has 0 fully saturated rings. The zero-order valence-electron chi connectivity index (χ0n) is 10.0. The molecule has 0 aromatic rings. The molecule has 0 aromatic heterocycles. The van der Waals surface area contributed by atoms with Crippen LogP contribution in [0.15, 0.2) is 0 Å². The fraction of sp³-hybridized carbons (Fsp3) is 1.00. The molecule has 0 aliphatic carbocycles. The first kappa shape index (κ1) is 12.9. The normalized spacial score (nSPS) is 14.1. The Balaban J connectivity index is 3.87. The van der Waals surface area contributed by atoms with Crippen molar-refractivity contribution in [2.45, 2.75) is 40.7 Å². The van der Waals surface area contributed by atoms with Gasteiger partial charge in [-0.3, -0.25) is 4.90 Å². The van der Waals surface area contributed by atoms with Crippen molar-refractivity contribution in [1.29, 1.82) is 0 Å². The first-order valence-corrected chi connectivity index (χ1v) is 5.65. The van der Waals surface area contributed by atoms with E-state index in [1.807, 2.05) is 0 Å². The van der Waals surface area contributed by atoms with Crippen molar-refractivity contribution in [3.8, 4) is 0 Å². The SMILES string of the molecule is CCN(CC)C[C@H](C)N(CC)CC. The fourth-order valence-corrected chi connectivity index (χ4v) is 1.82. The number of hydrogen-bond acceptors (Lipinski definition) is 2. The highest BCUT2D eigenvalue weighted by atomic mass is 15.2. The van der Waals surface area contributed by atoms with Crippen LogP contribution in [0.3, 0.4) is 0 Å². The summed E-state index contributed by atoms with van der Waals surface area (Å²) in [6.07, 6.45) is 0. The molecule has 0 aliphatic heterocycles. The van der Waals surface area contributed by atoms with Crippen LogP contribution >= 0.6 is 0 Å². The van der Waals surface area contributed by atoms with E-state index in [9.17, 15) is 0 Å². The van der Waals surface area contributed by atoms with Gasteiger partial charge in [-0.25, -0.2) is 0 Å². The van der Waals surface area contributed by atoms with Crippen LogP contribution in [0.25, 0.3) is 0 Å². The fourth-order valence-electron chi connectivity index (χ4n) is 1.82. The molecule has 0 heterocycles. The predicted molar refractivity (Wildman–Crippen MR) is 60.2 cm³/mol. The molecule has 0 radical (unpaired) electrons. The van der Waals surface area contributed by atoms with E-state index in [-0.39, 0.29) is 0 Å². The zero-order chi connectivity index (χ0) is 10.3. The van der Waals surface area contributed by atoms with Crippen LogP contribution in [-0.2, 0) is 0 Å². The average Bonchev–Trinajstić information content (AvgIpc) is 2.16. The maximum atomic E-state index is 2.51. The highest BCUT2D eigenvalue weighted by Gasteiger charge is 2.12. The minimum atomic E-state index is 0.690. The molecule has 0 aromatic carbocycles. The topological polar surface area (TPSA) is 6.48 Å². The third-order valence-corrected chi connectivity index (χ3v) is 2.85. The van der Waals surface area contributed by atoms with Gasteiger partial charge in [-0.05, 0) is 33.1 Å². The Bertz CT molecular complexity index is 107. The standard InChI is InChI=1S/C11H26N2/c1-6-12(7-2)10-11(5)13(8-3)9-4/h11H,6-10H2,1-5H3/t11-/m0/s1. The molecule has 13 heavy (non-hydrogen) atoms. The second-order valence-corrected chi connectivity index (χ2v) is 3.56. The van der Waals surface area contributed by atoms with Gasteiger partial charge in [0.15, 0.2) is 0 Å². The Hall–Kier alpha value is -0.0800. The second kappa shape index (κ2) is 7.34. The van der Waals surface area contributed by atoms with E-state index < -0.39 is 0 Å². The molecular weight excluding hydrogens is 160 g/mol. The van der Waals surface area contributed by atoms with Crippen molar-refractivity contribution >= 4 is 0 Å². The van der Waals surface area contributed by atoms with Gasteiger partial charge in [0.1, 0.15) is 0 Å². The summed E-state index contributed by atoms with van der Waals surface area (Å²) in [5, 5.41) is 0. The summed E-state index contributed by atoms with van der Waals surface area (Å²) in [6.45, 7) is 17.1. The van der Waals surface area contributed by atoms with Crippen molar-refractivity contribution in [3.63, 3.8) is 0 Å². The lowest BCUT2D eigenvalue weighted by molar-refractivity contribution is 0.167. The van der Waals surface area contributed by atoms with Crippen LogP contribution in [0.1, 0.15) is 34.6 Å². The van der Waals surface area contributed by atoms with Gasteiger partial charge in [0.25, 0.3) is 0 Å². The minimum absolute atomic E-state index is 0.690. The van der Waals surface area contributed by atoms with Gasteiger partial charge in [0.05, 0.1) is 0 Å². The van der Waals surface area contributed by atoms with Gasteiger partial charge < -0.3 is 4.90 Å². The highest BCUT2D eigenvalue weighted by molar-refractivity contribution is 4.68. The Labute approximate surface area is 83.9 Å². The third-order valence-electron chi connectivity index (χ3n) is 2.85. The Morgan fingerprint density at radius 1 is 0.846 bits per heavy atom. The van der Waals surface area contributed by atoms with Crippen LogP contribution in [0.2, 0.25) is 0 Å². The first-order chi connectivity index (χ1) is 6.19. The molecule has 0 N–H and O–H groups in total. The molecule has 0 amide bonds. The predicted octanol–water partition coefficient (Wildman–Crippen LogP) is 2.06. The molecule has 2 nitrogen and oxygen atoms in total. The molecule has 1 atom stereocenters. The number of rotatable bonds is 7. The van der Waals surface area contributed by atoms with E-state index in [1.165, 1.54) is 32.7 Å². The highest BCUT2D eigenvalue weighted by Crippen LogP contribution is 2.01. The van der Waals surface area contributed by atoms with Crippen LogP contribution < -0.4 is 0 Å². The van der Waals surface area contributed by atoms with Crippen molar-refractivity contribution < 1.29 is 0 Å². The van der Waals surface area contributed by atoms with E-state index in [1.54, 1.807) is 0 Å². The summed E-state index contributed by atoms with van der Waals surface area (Å²) in [4.78, 5) is 5.00.